The fourth-order valence-electron chi connectivity index (χ4n) is 1.44. The second-order valence-electron chi connectivity index (χ2n) is 4.27. The third-order valence-corrected chi connectivity index (χ3v) is 2.01. The maximum Gasteiger partial charge on any atom is 0.219 e. The maximum atomic E-state index is 10.8. The molecule has 0 bridgehead atoms. The van der Waals surface area contributed by atoms with Crippen LogP contribution >= 0.6 is 0 Å². The predicted molar refractivity (Wildman–Crippen MR) is 62.4 cm³/mol. The van der Waals surface area contributed by atoms with Gasteiger partial charge < -0.3 is 16.8 Å². The van der Waals surface area contributed by atoms with Crippen molar-refractivity contribution in [3.63, 3.8) is 0 Å². The van der Waals surface area contributed by atoms with Crippen LogP contribution in [0.5, 0.6) is 0 Å². The van der Waals surface area contributed by atoms with E-state index in [-0.39, 0.29) is 17.9 Å². The Labute approximate surface area is 89.6 Å². The molecule has 0 aromatic heterocycles. The summed E-state index contributed by atoms with van der Waals surface area (Å²) in [6.07, 6.45) is 0.289. The number of nitrogens with two attached hydrogens (primary N) is 2. The van der Waals surface area contributed by atoms with Crippen molar-refractivity contribution in [1.82, 2.24) is 0 Å². The summed E-state index contributed by atoms with van der Waals surface area (Å²) >= 11 is 0. The standard InChI is InChI=1S/C11H17N3O/c1-11(2,7-10(13)15)14-9-5-3-8(12)4-6-9/h3-6,14H,7,12H2,1-2H3,(H2,13,15). The number of carbonyl (C=O) groups excluding carboxylic acids is 1. The normalized spacial score (nSPS) is 11.1. The Morgan fingerprint density at radius 1 is 1.33 bits per heavy atom. The topological polar surface area (TPSA) is 81.1 Å². The van der Waals surface area contributed by atoms with Crippen LogP contribution in [-0.4, -0.2) is 11.4 Å². The molecule has 82 valence electrons. The molecule has 1 aromatic rings. The highest BCUT2D eigenvalue weighted by Gasteiger charge is 2.19. The molecule has 0 aliphatic carbocycles. The van der Waals surface area contributed by atoms with Gasteiger partial charge in [-0.05, 0) is 38.1 Å². The molecular weight excluding hydrogens is 190 g/mol. The molecule has 0 aliphatic rings. The zero-order valence-corrected chi connectivity index (χ0v) is 9.08. The summed E-state index contributed by atoms with van der Waals surface area (Å²) in [5.41, 5.74) is 12.0. The van der Waals surface area contributed by atoms with Crippen LogP contribution in [0.15, 0.2) is 24.3 Å². The van der Waals surface area contributed by atoms with Gasteiger partial charge in [0.25, 0.3) is 0 Å². The van der Waals surface area contributed by atoms with Gasteiger partial charge in [0.1, 0.15) is 0 Å². The van der Waals surface area contributed by atoms with Crippen LogP contribution in [0.3, 0.4) is 0 Å². The van der Waals surface area contributed by atoms with Gasteiger partial charge in [-0.15, -0.1) is 0 Å². The summed E-state index contributed by atoms with van der Waals surface area (Å²) in [6, 6.07) is 7.36. The van der Waals surface area contributed by atoms with Crippen molar-refractivity contribution in [3.05, 3.63) is 24.3 Å². The van der Waals surface area contributed by atoms with E-state index < -0.39 is 0 Å². The summed E-state index contributed by atoms with van der Waals surface area (Å²) < 4.78 is 0. The summed E-state index contributed by atoms with van der Waals surface area (Å²) in [5, 5.41) is 3.22. The van der Waals surface area contributed by atoms with E-state index in [0.29, 0.717) is 5.69 Å². The van der Waals surface area contributed by atoms with Crippen molar-refractivity contribution in [2.75, 3.05) is 11.1 Å². The molecule has 0 spiro atoms. The molecule has 1 aromatic carbocycles. The van der Waals surface area contributed by atoms with Crippen LogP contribution in [-0.2, 0) is 4.79 Å². The smallest absolute Gasteiger partial charge is 0.219 e. The molecule has 0 fully saturated rings. The Hall–Kier alpha value is -1.71. The summed E-state index contributed by atoms with van der Waals surface area (Å²) in [4.78, 5) is 10.8. The maximum absolute atomic E-state index is 10.8. The Balaban J connectivity index is 2.68. The molecule has 0 saturated carbocycles. The van der Waals surface area contributed by atoms with Gasteiger partial charge >= 0.3 is 0 Å². The van der Waals surface area contributed by atoms with Crippen molar-refractivity contribution in [3.8, 4) is 0 Å². The van der Waals surface area contributed by atoms with Gasteiger partial charge in [-0.3, -0.25) is 4.79 Å². The molecule has 15 heavy (non-hydrogen) atoms. The van der Waals surface area contributed by atoms with Gasteiger partial charge in [0.05, 0.1) is 0 Å². The van der Waals surface area contributed by atoms with Crippen LogP contribution in [0.25, 0.3) is 0 Å². The van der Waals surface area contributed by atoms with E-state index in [4.69, 9.17) is 11.5 Å². The van der Waals surface area contributed by atoms with E-state index in [2.05, 4.69) is 5.32 Å². The first-order chi connectivity index (χ1) is 6.89. The highest BCUT2D eigenvalue weighted by atomic mass is 16.1. The highest BCUT2D eigenvalue weighted by Crippen LogP contribution is 2.18. The lowest BCUT2D eigenvalue weighted by Crippen LogP contribution is -2.35. The largest absolute Gasteiger partial charge is 0.399 e. The minimum absolute atomic E-state index is 0.289. The number of primary amides is 1. The first-order valence-corrected chi connectivity index (χ1v) is 4.81. The Morgan fingerprint density at radius 2 is 1.87 bits per heavy atom. The number of hydrogen-bond donors (Lipinski definition) is 3. The molecule has 5 N–H and O–H groups in total. The Morgan fingerprint density at radius 3 is 2.33 bits per heavy atom. The number of nitrogen functional groups attached to an aromatic ring is 1. The second-order valence-corrected chi connectivity index (χ2v) is 4.27. The number of hydrogen-bond acceptors (Lipinski definition) is 3. The lowest BCUT2D eigenvalue weighted by Gasteiger charge is -2.26. The average molecular weight is 207 g/mol. The van der Waals surface area contributed by atoms with Crippen LogP contribution in [0.2, 0.25) is 0 Å². The first kappa shape index (κ1) is 11.4. The fourth-order valence-corrected chi connectivity index (χ4v) is 1.44. The number of rotatable bonds is 4. The third kappa shape index (κ3) is 3.89. The minimum atomic E-state index is -0.345. The molecule has 4 heteroatoms. The van der Waals surface area contributed by atoms with Crippen LogP contribution in [0.1, 0.15) is 20.3 Å². The highest BCUT2D eigenvalue weighted by molar-refractivity contribution is 5.75. The van der Waals surface area contributed by atoms with Crippen LogP contribution < -0.4 is 16.8 Å². The van der Waals surface area contributed by atoms with Crippen molar-refractivity contribution >= 4 is 17.3 Å². The van der Waals surface area contributed by atoms with E-state index >= 15 is 0 Å². The number of benzene rings is 1. The van der Waals surface area contributed by atoms with Crippen LogP contribution in [0.4, 0.5) is 11.4 Å². The molecule has 0 atom stereocenters. The van der Waals surface area contributed by atoms with Crippen LogP contribution in [0, 0.1) is 0 Å². The summed E-state index contributed by atoms with van der Waals surface area (Å²) in [7, 11) is 0. The lowest BCUT2D eigenvalue weighted by atomic mass is 10.00. The fraction of sp³-hybridized carbons (Fsp3) is 0.364. The molecular formula is C11H17N3O. The number of carbonyl (C=O) groups is 1. The monoisotopic (exact) mass is 207 g/mol. The molecule has 0 saturated heterocycles. The van der Waals surface area contributed by atoms with Crippen molar-refractivity contribution in [1.29, 1.82) is 0 Å². The predicted octanol–water partition coefficient (Wildman–Crippen LogP) is 1.33. The van der Waals surface area contributed by atoms with Gasteiger partial charge in [-0.2, -0.15) is 0 Å². The van der Waals surface area contributed by atoms with Gasteiger partial charge in [0, 0.05) is 23.3 Å². The molecule has 0 heterocycles. The molecule has 1 rings (SSSR count). The Bertz CT molecular complexity index is 343. The van der Waals surface area contributed by atoms with Gasteiger partial charge in [-0.25, -0.2) is 0 Å². The average Bonchev–Trinajstić information content (AvgIpc) is 2.06. The quantitative estimate of drug-likeness (QED) is 0.651. The van der Waals surface area contributed by atoms with E-state index in [9.17, 15) is 4.79 Å². The third-order valence-electron chi connectivity index (χ3n) is 2.01. The molecule has 1 amide bonds. The molecule has 4 nitrogen and oxygen atoms in total. The van der Waals surface area contributed by atoms with Crippen molar-refractivity contribution in [2.24, 2.45) is 5.73 Å². The van der Waals surface area contributed by atoms with Crippen molar-refractivity contribution < 1.29 is 4.79 Å². The molecule has 0 radical (unpaired) electrons. The van der Waals surface area contributed by atoms with E-state index in [1.54, 1.807) is 0 Å². The van der Waals surface area contributed by atoms with E-state index in [1.807, 2.05) is 38.1 Å². The van der Waals surface area contributed by atoms with Crippen molar-refractivity contribution in [2.45, 2.75) is 25.8 Å². The molecule has 0 unspecified atom stereocenters. The van der Waals surface area contributed by atoms with Gasteiger partial charge in [0.15, 0.2) is 0 Å². The van der Waals surface area contributed by atoms with E-state index in [0.717, 1.165) is 5.69 Å². The number of amides is 1. The number of anilines is 2. The SMILES string of the molecule is CC(C)(CC(N)=O)Nc1ccc(N)cc1. The van der Waals surface area contributed by atoms with E-state index in [1.165, 1.54) is 0 Å². The first-order valence-electron chi connectivity index (χ1n) is 4.81. The van der Waals surface area contributed by atoms with Gasteiger partial charge in [0.2, 0.25) is 5.91 Å². The number of nitrogens with one attached hydrogen (secondary N) is 1. The van der Waals surface area contributed by atoms with Gasteiger partial charge in [-0.1, -0.05) is 0 Å². The summed E-state index contributed by atoms with van der Waals surface area (Å²) in [5.74, 6) is -0.317. The second kappa shape index (κ2) is 4.21. The molecule has 0 aliphatic heterocycles. The summed E-state index contributed by atoms with van der Waals surface area (Å²) in [6.45, 7) is 3.85. The lowest BCUT2D eigenvalue weighted by molar-refractivity contribution is -0.118. The zero-order valence-electron chi connectivity index (χ0n) is 9.08. The zero-order chi connectivity index (χ0) is 11.5. The minimum Gasteiger partial charge on any atom is -0.399 e. The Kier molecular flexibility index (Phi) is 3.19.